The molecule has 2 aromatic carbocycles. The molecular formula is C20H19N3O. The van der Waals surface area contributed by atoms with Crippen LogP contribution in [0.5, 0.6) is 0 Å². The predicted octanol–water partition coefficient (Wildman–Crippen LogP) is 3.74. The third kappa shape index (κ3) is 2.83. The van der Waals surface area contributed by atoms with Gasteiger partial charge >= 0.3 is 0 Å². The topological polar surface area (TPSA) is 46.9 Å². The first kappa shape index (κ1) is 14.7. The minimum Gasteiger partial charge on any atom is -0.349 e. The van der Waals surface area contributed by atoms with Crippen LogP contribution >= 0.6 is 0 Å². The third-order valence-electron chi connectivity index (χ3n) is 4.29. The second-order valence-corrected chi connectivity index (χ2v) is 6.23. The molecule has 1 aromatic heterocycles. The quantitative estimate of drug-likeness (QED) is 0.797. The Hall–Kier alpha value is -2.88. The Morgan fingerprint density at radius 1 is 1.08 bits per heavy atom. The molecule has 1 amide bonds. The van der Waals surface area contributed by atoms with Gasteiger partial charge in [0.1, 0.15) is 5.69 Å². The Morgan fingerprint density at radius 2 is 1.79 bits per heavy atom. The van der Waals surface area contributed by atoms with Crippen LogP contribution in [-0.2, 0) is 0 Å². The van der Waals surface area contributed by atoms with E-state index in [0.29, 0.717) is 11.6 Å². The van der Waals surface area contributed by atoms with Crippen LogP contribution in [-0.4, -0.2) is 21.7 Å². The lowest BCUT2D eigenvalue weighted by Gasteiger charge is -2.06. The van der Waals surface area contributed by atoms with E-state index in [9.17, 15) is 4.79 Å². The third-order valence-corrected chi connectivity index (χ3v) is 4.29. The highest BCUT2D eigenvalue weighted by molar-refractivity contribution is 6.00. The van der Waals surface area contributed by atoms with Crippen LogP contribution in [0.2, 0.25) is 0 Å². The normalized spacial score (nSPS) is 13.7. The Balaban J connectivity index is 1.82. The lowest BCUT2D eigenvalue weighted by molar-refractivity contribution is 0.0951. The summed E-state index contributed by atoms with van der Waals surface area (Å²) in [4.78, 5) is 12.7. The van der Waals surface area contributed by atoms with Gasteiger partial charge in [-0.15, -0.1) is 0 Å². The van der Waals surface area contributed by atoms with Crippen LogP contribution < -0.4 is 5.32 Å². The molecule has 24 heavy (non-hydrogen) atoms. The standard InChI is InChI=1S/C20H19N3O/c1-14-7-5-6-10-17(14)19-18(20(24)21-15-11-12-15)13-23(22-19)16-8-3-2-4-9-16/h2-10,13,15H,11-12H2,1H3,(H,21,24). The molecule has 0 bridgehead atoms. The molecule has 3 aromatic rings. The second-order valence-electron chi connectivity index (χ2n) is 6.23. The number of benzene rings is 2. The van der Waals surface area contributed by atoms with Crippen LogP contribution in [0.1, 0.15) is 28.8 Å². The molecule has 4 heteroatoms. The molecular weight excluding hydrogens is 298 g/mol. The Kier molecular flexibility index (Phi) is 3.65. The van der Waals surface area contributed by atoms with Crippen molar-refractivity contribution in [1.82, 2.24) is 15.1 Å². The first-order chi connectivity index (χ1) is 11.7. The molecule has 0 aliphatic heterocycles. The summed E-state index contributed by atoms with van der Waals surface area (Å²) in [6.07, 6.45) is 3.96. The molecule has 1 aliphatic rings. The molecule has 0 atom stereocenters. The van der Waals surface area contributed by atoms with Crippen molar-refractivity contribution in [2.75, 3.05) is 0 Å². The van der Waals surface area contributed by atoms with E-state index in [-0.39, 0.29) is 5.91 Å². The molecule has 4 nitrogen and oxygen atoms in total. The zero-order chi connectivity index (χ0) is 16.5. The Labute approximate surface area is 141 Å². The number of para-hydroxylation sites is 1. The van der Waals surface area contributed by atoms with E-state index in [1.54, 1.807) is 4.68 Å². The Morgan fingerprint density at radius 3 is 2.50 bits per heavy atom. The number of amides is 1. The molecule has 4 rings (SSSR count). The number of rotatable bonds is 4. The molecule has 0 radical (unpaired) electrons. The fourth-order valence-electron chi connectivity index (χ4n) is 2.78. The van der Waals surface area contributed by atoms with E-state index in [4.69, 9.17) is 5.10 Å². The molecule has 1 fully saturated rings. The van der Waals surface area contributed by atoms with E-state index in [1.807, 2.05) is 67.7 Å². The van der Waals surface area contributed by atoms with Crippen LogP contribution in [0.25, 0.3) is 16.9 Å². The minimum absolute atomic E-state index is 0.0436. The summed E-state index contributed by atoms with van der Waals surface area (Å²) in [5.41, 5.74) is 4.40. The molecule has 1 heterocycles. The average molecular weight is 317 g/mol. The summed E-state index contributed by atoms with van der Waals surface area (Å²) in [6, 6.07) is 18.2. The largest absolute Gasteiger partial charge is 0.349 e. The maximum absolute atomic E-state index is 12.7. The fourth-order valence-corrected chi connectivity index (χ4v) is 2.78. The highest BCUT2D eigenvalue weighted by Crippen LogP contribution is 2.28. The highest BCUT2D eigenvalue weighted by Gasteiger charge is 2.27. The van der Waals surface area contributed by atoms with Crippen molar-refractivity contribution < 1.29 is 4.79 Å². The van der Waals surface area contributed by atoms with Gasteiger partial charge in [-0.1, -0.05) is 42.5 Å². The maximum Gasteiger partial charge on any atom is 0.255 e. The number of nitrogens with zero attached hydrogens (tertiary/aromatic N) is 2. The number of aryl methyl sites for hydroxylation is 1. The Bertz CT molecular complexity index is 879. The van der Waals surface area contributed by atoms with Gasteiger partial charge in [0.25, 0.3) is 5.91 Å². The number of carbonyl (C=O) groups excluding carboxylic acids is 1. The van der Waals surface area contributed by atoms with Crippen molar-refractivity contribution in [3.63, 3.8) is 0 Å². The number of hydrogen-bond donors (Lipinski definition) is 1. The number of hydrogen-bond acceptors (Lipinski definition) is 2. The highest BCUT2D eigenvalue weighted by atomic mass is 16.1. The molecule has 0 spiro atoms. The molecule has 0 unspecified atom stereocenters. The second kappa shape index (κ2) is 5.96. The van der Waals surface area contributed by atoms with E-state index in [0.717, 1.165) is 35.3 Å². The summed E-state index contributed by atoms with van der Waals surface area (Å²) < 4.78 is 1.78. The number of nitrogens with one attached hydrogen (secondary N) is 1. The van der Waals surface area contributed by atoms with Gasteiger partial charge in [-0.25, -0.2) is 4.68 Å². The van der Waals surface area contributed by atoms with Crippen molar-refractivity contribution in [3.05, 3.63) is 71.9 Å². The predicted molar refractivity (Wildman–Crippen MR) is 94.2 cm³/mol. The van der Waals surface area contributed by atoms with Crippen LogP contribution in [0.15, 0.2) is 60.8 Å². The van der Waals surface area contributed by atoms with Gasteiger partial charge in [0.2, 0.25) is 0 Å². The monoisotopic (exact) mass is 317 g/mol. The van der Waals surface area contributed by atoms with Gasteiger partial charge in [-0.3, -0.25) is 4.79 Å². The van der Waals surface area contributed by atoms with Gasteiger partial charge < -0.3 is 5.32 Å². The van der Waals surface area contributed by atoms with Crippen LogP contribution in [0.3, 0.4) is 0 Å². The van der Waals surface area contributed by atoms with Crippen molar-refractivity contribution in [2.24, 2.45) is 0 Å². The molecule has 1 saturated carbocycles. The first-order valence-electron chi connectivity index (χ1n) is 8.24. The SMILES string of the molecule is Cc1ccccc1-c1nn(-c2ccccc2)cc1C(=O)NC1CC1. The van der Waals surface area contributed by atoms with Gasteiger partial charge in [-0.2, -0.15) is 5.10 Å². The van der Waals surface area contributed by atoms with Gasteiger partial charge in [0.15, 0.2) is 0 Å². The fraction of sp³-hybridized carbons (Fsp3) is 0.200. The molecule has 0 saturated heterocycles. The van der Waals surface area contributed by atoms with Crippen LogP contribution in [0.4, 0.5) is 0 Å². The zero-order valence-electron chi connectivity index (χ0n) is 13.6. The van der Waals surface area contributed by atoms with Crippen molar-refractivity contribution in [3.8, 4) is 16.9 Å². The molecule has 120 valence electrons. The van der Waals surface area contributed by atoms with E-state index < -0.39 is 0 Å². The molecule has 1 aliphatic carbocycles. The minimum atomic E-state index is -0.0436. The first-order valence-corrected chi connectivity index (χ1v) is 8.24. The van der Waals surface area contributed by atoms with E-state index >= 15 is 0 Å². The lowest BCUT2D eigenvalue weighted by atomic mass is 10.0. The smallest absolute Gasteiger partial charge is 0.255 e. The molecule has 1 N–H and O–H groups in total. The average Bonchev–Trinajstić information content (AvgIpc) is 3.31. The summed E-state index contributed by atoms with van der Waals surface area (Å²) in [5, 5.41) is 7.79. The zero-order valence-corrected chi connectivity index (χ0v) is 13.6. The summed E-state index contributed by atoms with van der Waals surface area (Å²) in [5.74, 6) is -0.0436. The number of aromatic nitrogens is 2. The lowest BCUT2D eigenvalue weighted by Crippen LogP contribution is -2.25. The maximum atomic E-state index is 12.7. The van der Waals surface area contributed by atoms with E-state index in [1.165, 1.54) is 0 Å². The van der Waals surface area contributed by atoms with Gasteiger partial charge in [0.05, 0.1) is 11.3 Å². The van der Waals surface area contributed by atoms with Crippen LogP contribution in [0, 0.1) is 6.92 Å². The van der Waals surface area contributed by atoms with Crippen molar-refractivity contribution in [1.29, 1.82) is 0 Å². The van der Waals surface area contributed by atoms with Gasteiger partial charge in [-0.05, 0) is 37.5 Å². The summed E-state index contributed by atoms with van der Waals surface area (Å²) in [7, 11) is 0. The number of carbonyl (C=O) groups is 1. The summed E-state index contributed by atoms with van der Waals surface area (Å²) in [6.45, 7) is 2.04. The van der Waals surface area contributed by atoms with Crippen molar-refractivity contribution in [2.45, 2.75) is 25.8 Å². The van der Waals surface area contributed by atoms with Gasteiger partial charge in [0, 0.05) is 17.8 Å². The van der Waals surface area contributed by atoms with E-state index in [2.05, 4.69) is 5.32 Å². The van der Waals surface area contributed by atoms with Crippen molar-refractivity contribution >= 4 is 5.91 Å². The summed E-state index contributed by atoms with van der Waals surface area (Å²) >= 11 is 0.